The first-order valence-electron chi connectivity index (χ1n) is 3.54. The molecular weight excluding hydrogens is 138 g/mol. The van der Waals surface area contributed by atoms with E-state index in [0.29, 0.717) is 0 Å². The van der Waals surface area contributed by atoms with Crippen LogP contribution in [0, 0.1) is 6.07 Å². The second-order valence-electron chi connectivity index (χ2n) is 2.86. The second kappa shape index (κ2) is 3.01. The van der Waals surface area contributed by atoms with E-state index in [1.807, 2.05) is 26.0 Å². The Hall–Kier alpha value is -0.890. The summed E-state index contributed by atoms with van der Waals surface area (Å²) < 4.78 is 5.25. The Labute approximate surface area is 67.2 Å². The van der Waals surface area contributed by atoms with Gasteiger partial charge >= 0.3 is 0 Å². The van der Waals surface area contributed by atoms with Crippen LogP contribution in [0.1, 0.15) is 19.5 Å². The van der Waals surface area contributed by atoms with Gasteiger partial charge < -0.3 is 4.74 Å². The number of hydrogen-bond acceptors (Lipinski definition) is 2. The van der Waals surface area contributed by atoms with E-state index in [0.717, 1.165) is 5.69 Å². The lowest BCUT2D eigenvalue weighted by molar-refractivity contribution is 0.0155. The van der Waals surface area contributed by atoms with Gasteiger partial charge in [-0.3, -0.25) is 4.98 Å². The third kappa shape index (κ3) is 1.77. The lowest BCUT2D eigenvalue weighted by Gasteiger charge is -2.21. The minimum Gasteiger partial charge on any atom is -0.373 e. The molecule has 0 saturated carbocycles. The molecular formula is C9H12NO. The highest BCUT2D eigenvalue weighted by molar-refractivity contribution is 5.09. The van der Waals surface area contributed by atoms with Crippen LogP contribution in [0.15, 0.2) is 18.3 Å². The summed E-state index contributed by atoms with van der Waals surface area (Å²) >= 11 is 0. The Bertz CT molecular complexity index is 218. The molecule has 11 heavy (non-hydrogen) atoms. The highest BCUT2D eigenvalue weighted by Gasteiger charge is 2.19. The van der Waals surface area contributed by atoms with E-state index in [1.54, 1.807) is 13.3 Å². The molecule has 0 bridgehead atoms. The Morgan fingerprint density at radius 3 is 2.73 bits per heavy atom. The summed E-state index contributed by atoms with van der Waals surface area (Å²) in [4.78, 5) is 4.14. The maximum atomic E-state index is 5.25. The molecule has 1 aromatic heterocycles. The Morgan fingerprint density at radius 2 is 2.27 bits per heavy atom. The van der Waals surface area contributed by atoms with E-state index in [-0.39, 0.29) is 5.60 Å². The van der Waals surface area contributed by atoms with Gasteiger partial charge in [0.25, 0.3) is 0 Å². The van der Waals surface area contributed by atoms with Crippen LogP contribution in [-0.4, -0.2) is 12.1 Å². The minimum absolute atomic E-state index is 0.297. The van der Waals surface area contributed by atoms with Crippen LogP contribution in [0.25, 0.3) is 0 Å². The van der Waals surface area contributed by atoms with Crippen LogP contribution in [0.3, 0.4) is 0 Å². The van der Waals surface area contributed by atoms with Gasteiger partial charge in [0.05, 0.1) is 5.69 Å². The van der Waals surface area contributed by atoms with E-state index < -0.39 is 0 Å². The third-order valence-electron chi connectivity index (χ3n) is 1.74. The highest BCUT2D eigenvalue weighted by Crippen LogP contribution is 2.20. The van der Waals surface area contributed by atoms with Crippen molar-refractivity contribution in [3.05, 3.63) is 30.1 Å². The third-order valence-corrected chi connectivity index (χ3v) is 1.74. The van der Waals surface area contributed by atoms with Crippen molar-refractivity contribution in [3.63, 3.8) is 0 Å². The molecule has 0 aliphatic carbocycles. The molecule has 0 aliphatic rings. The summed E-state index contributed by atoms with van der Waals surface area (Å²) in [5.74, 6) is 0. The van der Waals surface area contributed by atoms with Crippen LogP contribution < -0.4 is 0 Å². The lowest BCUT2D eigenvalue weighted by Crippen LogP contribution is -2.20. The van der Waals surface area contributed by atoms with Crippen molar-refractivity contribution in [2.45, 2.75) is 19.4 Å². The zero-order valence-electron chi connectivity index (χ0n) is 7.09. The van der Waals surface area contributed by atoms with Crippen LogP contribution in [-0.2, 0) is 10.3 Å². The smallest absolute Gasteiger partial charge is 0.104 e. The van der Waals surface area contributed by atoms with Gasteiger partial charge in [-0.1, -0.05) is 6.07 Å². The predicted octanol–water partition coefficient (Wildman–Crippen LogP) is 1.76. The van der Waals surface area contributed by atoms with Gasteiger partial charge in [-0.2, -0.15) is 0 Å². The van der Waals surface area contributed by atoms with E-state index in [9.17, 15) is 0 Å². The molecule has 1 heterocycles. The molecule has 1 radical (unpaired) electrons. The van der Waals surface area contributed by atoms with E-state index >= 15 is 0 Å². The summed E-state index contributed by atoms with van der Waals surface area (Å²) in [6.07, 6.45) is 1.65. The number of rotatable bonds is 2. The number of pyridine rings is 1. The number of methoxy groups -OCH3 is 1. The fourth-order valence-corrected chi connectivity index (χ4v) is 0.781. The average molecular weight is 150 g/mol. The van der Waals surface area contributed by atoms with Gasteiger partial charge in [0.2, 0.25) is 0 Å². The van der Waals surface area contributed by atoms with Crippen LogP contribution in [0.4, 0.5) is 0 Å². The molecule has 1 aromatic rings. The molecule has 0 N–H and O–H groups in total. The van der Waals surface area contributed by atoms with Gasteiger partial charge in [0.15, 0.2) is 0 Å². The van der Waals surface area contributed by atoms with Gasteiger partial charge in [0.1, 0.15) is 5.60 Å². The molecule has 2 nitrogen and oxygen atoms in total. The fraction of sp³-hybridized carbons (Fsp3) is 0.444. The summed E-state index contributed by atoms with van der Waals surface area (Å²) in [5.41, 5.74) is 0.633. The fourth-order valence-electron chi connectivity index (χ4n) is 0.781. The number of aromatic nitrogens is 1. The summed E-state index contributed by atoms with van der Waals surface area (Å²) in [6, 6.07) is 6.60. The van der Waals surface area contributed by atoms with Crippen molar-refractivity contribution in [3.8, 4) is 0 Å². The first-order valence-corrected chi connectivity index (χ1v) is 3.54. The summed E-state index contributed by atoms with van der Waals surface area (Å²) in [6.45, 7) is 3.96. The van der Waals surface area contributed by atoms with Crippen molar-refractivity contribution in [2.75, 3.05) is 7.11 Å². The molecule has 0 aromatic carbocycles. The largest absolute Gasteiger partial charge is 0.373 e. The highest BCUT2D eigenvalue weighted by atomic mass is 16.5. The van der Waals surface area contributed by atoms with Crippen LogP contribution in [0.2, 0.25) is 0 Å². The molecule has 0 atom stereocenters. The number of ether oxygens (including phenoxy) is 1. The average Bonchev–Trinajstić information content (AvgIpc) is 2.06. The minimum atomic E-state index is -0.297. The van der Waals surface area contributed by atoms with E-state index in [1.165, 1.54) is 0 Å². The zero-order chi connectivity index (χ0) is 8.32. The quantitative estimate of drug-likeness (QED) is 0.641. The number of nitrogens with zero attached hydrogens (tertiary/aromatic N) is 1. The topological polar surface area (TPSA) is 22.1 Å². The monoisotopic (exact) mass is 150 g/mol. The molecule has 0 aliphatic heterocycles. The van der Waals surface area contributed by atoms with E-state index in [4.69, 9.17) is 4.74 Å². The van der Waals surface area contributed by atoms with Crippen LogP contribution in [0.5, 0.6) is 0 Å². The van der Waals surface area contributed by atoms with Crippen molar-refractivity contribution < 1.29 is 4.74 Å². The van der Waals surface area contributed by atoms with Crippen molar-refractivity contribution >= 4 is 0 Å². The molecule has 2 heteroatoms. The van der Waals surface area contributed by atoms with Gasteiger partial charge in [-0.05, 0) is 19.9 Å². The summed E-state index contributed by atoms with van der Waals surface area (Å²) in [7, 11) is 1.68. The Balaban J connectivity index is 2.93. The molecule has 0 spiro atoms. The van der Waals surface area contributed by atoms with Crippen LogP contribution >= 0.6 is 0 Å². The molecule has 59 valence electrons. The number of hydrogen-bond donors (Lipinski definition) is 0. The molecule has 0 unspecified atom stereocenters. The van der Waals surface area contributed by atoms with Crippen molar-refractivity contribution in [1.82, 2.24) is 4.98 Å². The lowest BCUT2D eigenvalue weighted by atomic mass is 10.0. The van der Waals surface area contributed by atoms with Gasteiger partial charge in [0, 0.05) is 19.4 Å². The van der Waals surface area contributed by atoms with Gasteiger partial charge in [-0.15, -0.1) is 0 Å². The maximum absolute atomic E-state index is 5.25. The Kier molecular flexibility index (Phi) is 2.25. The normalized spacial score (nSPS) is 11.5. The first kappa shape index (κ1) is 8.21. The second-order valence-corrected chi connectivity index (χ2v) is 2.86. The SMILES string of the molecule is COC(C)(C)c1cc[c]cn1. The van der Waals surface area contributed by atoms with Crippen molar-refractivity contribution in [2.24, 2.45) is 0 Å². The Morgan fingerprint density at radius 1 is 1.55 bits per heavy atom. The molecule has 0 amide bonds. The zero-order valence-corrected chi connectivity index (χ0v) is 7.09. The van der Waals surface area contributed by atoms with Gasteiger partial charge in [-0.25, -0.2) is 0 Å². The molecule has 0 saturated heterocycles. The maximum Gasteiger partial charge on any atom is 0.104 e. The van der Waals surface area contributed by atoms with Crippen molar-refractivity contribution in [1.29, 1.82) is 0 Å². The van der Waals surface area contributed by atoms with E-state index in [2.05, 4.69) is 11.1 Å². The molecule has 0 fully saturated rings. The summed E-state index contributed by atoms with van der Waals surface area (Å²) in [5, 5.41) is 0. The standard InChI is InChI=1S/C9H12NO/c1-9(2,11-3)8-6-4-5-7-10-8/h4,6-7H,1-3H3. The predicted molar refractivity (Wildman–Crippen MR) is 43.1 cm³/mol. The molecule has 1 rings (SSSR count). The first-order chi connectivity index (χ1) is 5.17.